The van der Waals surface area contributed by atoms with Crippen molar-refractivity contribution in [3.8, 4) is 146 Å². The predicted octanol–water partition coefficient (Wildman–Crippen LogP) is 27.6. The number of hydrogen-bond acceptors (Lipinski definition) is 10. The highest BCUT2D eigenvalue weighted by Crippen LogP contribution is 2.40. The molecule has 0 aliphatic carbocycles. The van der Waals surface area contributed by atoms with Crippen LogP contribution >= 0.6 is 15.9 Å². The van der Waals surface area contributed by atoms with Crippen molar-refractivity contribution < 1.29 is 9.31 Å². The normalized spacial score (nSPS) is 12.7. The van der Waals surface area contributed by atoms with E-state index in [4.69, 9.17) is 39.2 Å². The van der Waals surface area contributed by atoms with E-state index in [9.17, 15) is 0 Å². The van der Waals surface area contributed by atoms with E-state index in [-0.39, 0.29) is 18.3 Å². The Kier molecular flexibility index (Phi) is 21.5. The molecule has 12 heteroatoms. The second kappa shape index (κ2) is 34.0. The maximum atomic E-state index is 6.15. The summed E-state index contributed by atoms with van der Waals surface area (Å²) in [7, 11) is -0.325. The number of nitrogens with zero attached hydrogens (tertiary/aromatic N) is 8. The van der Waals surface area contributed by atoms with Crippen LogP contribution in [0.4, 0.5) is 0 Å². The highest BCUT2D eigenvalue weighted by Gasteiger charge is 2.51. The van der Waals surface area contributed by atoms with Gasteiger partial charge in [0.1, 0.15) is 0 Å². The molecule has 0 spiro atoms. The molecule has 0 unspecified atom stereocenters. The lowest BCUT2D eigenvalue weighted by Crippen LogP contribution is -2.41. The van der Waals surface area contributed by atoms with E-state index >= 15 is 0 Å². The largest absolute Gasteiger partial charge is 0.494 e. The second-order valence-corrected chi connectivity index (χ2v) is 32.4. The molecule has 4 aromatic heterocycles. The van der Waals surface area contributed by atoms with Crippen molar-refractivity contribution in [3.63, 3.8) is 0 Å². The first-order chi connectivity index (χ1) is 59.8. The molecule has 0 amide bonds. The van der Waals surface area contributed by atoms with Crippen molar-refractivity contribution in [1.82, 2.24) is 39.9 Å². The molecule has 1 aliphatic rings. The van der Waals surface area contributed by atoms with Gasteiger partial charge in [0.2, 0.25) is 0 Å². The Morgan fingerprint density at radius 3 is 0.828 bits per heavy atom. The van der Waals surface area contributed by atoms with Crippen LogP contribution in [0.25, 0.3) is 189 Å². The van der Waals surface area contributed by atoms with Gasteiger partial charge in [0, 0.05) is 73.4 Å². The zero-order valence-corrected chi connectivity index (χ0v) is 69.2. The molecule has 1 aliphatic heterocycles. The van der Waals surface area contributed by atoms with Crippen LogP contribution in [0.2, 0.25) is 0 Å². The van der Waals surface area contributed by atoms with E-state index in [2.05, 4.69) is 357 Å². The molecule has 16 aromatic carbocycles. The Morgan fingerprint density at radius 1 is 0.213 bits per heavy atom. The number of pyridine rings is 2. The first kappa shape index (κ1) is 77.3. The van der Waals surface area contributed by atoms with Gasteiger partial charge in [-0.3, -0.25) is 9.97 Å². The van der Waals surface area contributed by atoms with Gasteiger partial charge in [0.05, 0.1) is 11.2 Å². The molecule has 0 atom stereocenters. The van der Waals surface area contributed by atoms with Crippen LogP contribution < -0.4 is 5.46 Å². The number of halogens is 1. The summed E-state index contributed by atoms with van der Waals surface area (Å²) in [6.07, 6.45) is 7.55. The average molecular weight is 1640 g/mol. The van der Waals surface area contributed by atoms with Crippen LogP contribution in [0.15, 0.2) is 418 Å². The first-order valence-electron chi connectivity index (χ1n) is 40.9. The predicted molar refractivity (Wildman–Crippen MR) is 506 cm³/mol. The maximum absolute atomic E-state index is 6.15. The summed E-state index contributed by atoms with van der Waals surface area (Å²) in [6.45, 7) is 8.31. The lowest BCUT2D eigenvalue weighted by atomic mass is 9.78. The second-order valence-electron chi connectivity index (χ2n) is 31.5. The number of aromatic nitrogens is 8. The highest BCUT2D eigenvalue weighted by atomic mass is 79.9. The summed E-state index contributed by atoms with van der Waals surface area (Å²) in [5, 5.41) is 9.57. The van der Waals surface area contributed by atoms with Crippen molar-refractivity contribution in [2.45, 2.75) is 38.9 Å². The first-order valence-corrected chi connectivity index (χ1v) is 41.7. The Bertz CT molecular complexity index is 7170. The summed E-state index contributed by atoms with van der Waals surface area (Å²) >= 11 is 3.59. The minimum Gasteiger partial charge on any atom is -0.399 e. The SMILES string of the molecule is Brc1cccc(-c2cccc(-c3ccc(-c4nc(-c5ccccc5)nc(-c5ccc(-c6ccccc6)cc5)n4)cc3)c2)c1.CC1(C)OB(c2ccc3c(ccc4ccncc43)c2)OC1(C)C.c1ccc(-c2ccc(-c3nc(-c4ccccc4)nc(-c4ccc(-c5cccc(-c6cccc(-c7ccc8c(ccc9ccncc98)c7)c6)c5)cc4)n3)cc2)cc1. The van der Waals surface area contributed by atoms with E-state index in [1.807, 2.05) is 110 Å². The Balaban J connectivity index is 0.000000131. The summed E-state index contributed by atoms with van der Waals surface area (Å²) < 4.78 is 13.4. The molecule has 1 fully saturated rings. The summed E-state index contributed by atoms with van der Waals surface area (Å²) in [4.78, 5) is 38.2. The van der Waals surface area contributed by atoms with Crippen LogP contribution in [0, 0.1) is 0 Å². The topological polar surface area (TPSA) is 122 Å². The fourth-order valence-corrected chi connectivity index (χ4v) is 16.0. The Hall–Kier alpha value is -14.7. The number of benzene rings is 16. The van der Waals surface area contributed by atoms with E-state index in [1.165, 1.54) is 87.6 Å². The van der Waals surface area contributed by atoms with Gasteiger partial charge >= 0.3 is 7.12 Å². The van der Waals surface area contributed by atoms with Gasteiger partial charge in [-0.25, -0.2) is 29.9 Å². The third-order valence-electron chi connectivity index (χ3n) is 23.0. The molecule has 582 valence electrons. The van der Waals surface area contributed by atoms with E-state index < -0.39 is 0 Å². The molecule has 10 nitrogen and oxygen atoms in total. The van der Waals surface area contributed by atoms with Crippen molar-refractivity contribution in [1.29, 1.82) is 0 Å². The lowest BCUT2D eigenvalue weighted by molar-refractivity contribution is 0.00578. The standard InChI is InChI=1S/C52H34N4.C39H26BrN3.C19H20BNO2/c1-3-9-35(10-4-1)36-17-22-40(23-18-36)51-54-50(39-11-5-2-6-12-39)55-52(56-51)41-24-19-37(20-25-41)42-13-7-14-43(31-42)44-15-8-16-45(32-44)46-27-28-48-47(33-46)26-21-38-29-30-53-34-49(38)48;40-36-16-8-15-35(26-36)34-14-7-13-33(25-34)29-19-23-32(24-20-29)39-42-37(30-11-5-2-6-12-30)41-38(43-39)31-21-17-28(18-22-31)27-9-3-1-4-10-27;1-18(2)19(3,4)23-20(22-18)15-7-8-16-14(11-15)6-5-13-9-10-21-12-17(13)16/h1-34H;1-26H;5-12H,1-4H3. The molecule has 0 saturated carbocycles. The fraction of sp³-hybridized carbons (Fsp3) is 0.0545. The molecule has 1 saturated heterocycles. The molecule has 0 N–H and O–H groups in total. The van der Waals surface area contributed by atoms with Gasteiger partial charge in [0.25, 0.3) is 0 Å². The Morgan fingerprint density at radius 2 is 0.467 bits per heavy atom. The molecular formula is C110H80BBrN8O2. The van der Waals surface area contributed by atoms with Crippen molar-refractivity contribution in [2.75, 3.05) is 0 Å². The minimum absolute atomic E-state index is 0.320. The maximum Gasteiger partial charge on any atom is 0.494 e. The molecule has 0 bridgehead atoms. The van der Waals surface area contributed by atoms with Gasteiger partial charge < -0.3 is 9.31 Å². The van der Waals surface area contributed by atoms with Crippen molar-refractivity contribution >= 4 is 71.6 Å². The monoisotopic (exact) mass is 1630 g/mol. The average Bonchev–Trinajstić information content (AvgIpc) is 1.58. The van der Waals surface area contributed by atoms with Gasteiger partial charge in [-0.05, 0) is 192 Å². The van der Waals surface area contributed by atoms with Gasteiger partial charge in [-0.1, -0.05) is 356 Å². The number of fused-ring (bicyclic) bond motifs is 6. The molecular weight excluding hydrogens is 1560 g/mol. The van der Waals surface area contributed by atoms with E-state index in [0.717, 1.165) is 76.7 Å². The minimum atomic E-state index is -0.325. The van der Waals surface area contributed by atoms with Crippen molar-refractivity contribution in [3.05, 3.63) is 418 Å². The van der Waals surface area contributed by atoms with Crippen LogP contribution in [-0.2, 0) is 9.31 Å². The quantitative estimate of drug-likeness (QED) is 0.0768. The van der Waals surface area contributed by atoms with Crippen LogP contribution in [0.5, 0.6) is 0 Å². The molecule has 0 radical (unpaired) electrons. The van der Waals surface area contributed by atoms with Crippen LogP contribution in [0.1, 0.15) is 27.7 Å². The summed E-state index contributed by atoms with van der Waals surface area (Å²) in [6, 6.07) is 135. The third kappa shape index (κ3) is 16.7. The fourth-order valence-electron chi connectivity index (χ4n) is 15.6. The molecule has 5 heterocycles. The van der Waals surface area contributed by atoms with Gasteiger partial charge in [-0.15, -0.1) is 0 Å². The molecule has 122 heavy (non-hydrogen) atoms. The molecule has 20 aromatic rings. The lowest BCUT2D eigenvalue weighted by Gasteiger charge is -2.32. The van der Waals surface area contributed by atoms with Gasteiger partial charge in [0.15, 0.2) is 34.9 Å². The number of rotatable bonds is 14. The van der Waals surface area contributed by atoms with Crippen LogP contribution in [-0.4, -0.2) is 58.2 Å². The van der Waals surface area contributed by atoms with E-state index in [1.54, 1.807) is 0 Å². The summed E-state index contributed by atoms with van der Waals surface area (Å²) in [5.74, 6) is 3.86. The Labute approximate surface area is 718 Å². The van der Waals surface area contributed by atoms with E-state index in [0.29, 0.717) is 34.9 Å². The number of hydrogen-bond donors (Lipinski definition) is 0. The zero-order valence-electron chi connectivity index (χ0n) is 67.6. The molecule has 21 rings (SSSR count). The summed E-state index contributed by atoms with van der Waals surface area (Å²) in [5.41, 5.74) is 22.3. The highest BCUT2D eigenvalue weighted by molar-refractivity contribution is 9.10. The van der Waals surface area contributed by atoms with Crippen molar-refractivity contribution in [2.24, 2.45) is 0 Å². The van der Waals surface area contributed by atoms with Gasteiger partial charge in [-0.2, -0.15) is 0 Å². The third-order valence-corrected chi connectivity index (χ3v) is 23.5. The zero-order chi connectivity index (χ0) is 82.5. The smallest absolute Gasteiger partial charge is 0.399 e. The van der Waals surface area contributed by atoms with Crippen LogP contribution in [0.3, 0.4) is 0 Å².